The predicted octanol–water partition coefficient (Wildman–Crippen LogP) is 4.70. The molecule has 3 aromatic carbocycles. The molecule has 0 bridgehead atoms. The highest BCUT2D eigenvalue weighted by Crippen LogP contribution is 2.23. The summed E-state index contributed by atoms with van der Waals surface area (Å²) >= 11 is 5.85. The lowest BCUT2D eigenvalue weighted by molar-refractivity contribution is -0.116. The van der Waals surface area contributed by atoms with Crippen LogP contribution in [0.3, 0.4) is 0 Å². The summed E-state index contributed by atoms with van der Waals surface area (Å²) in [7, 11) is -3.84. The lowest BCUT2D eigenvalue weighted by Gasteiger charge is -2.19. The van der Waals surface area contributed by atoms with Crippen LogP contribution in [0.1, 0.15) is 23.6 Å². The van der Waals surface area contributed by atoms with Crippen LogP contribution < -0.4 is 10.0 Å². The fraction of sp³-hybridized carbons (Fsp3) is 0.136. The third-order valence-corrected chi connectivity index (χ3v) is 6.17. The third kappa shape index (κ3) is 5.67. The van der Waals surface area contributed by atoms with Crippen LogP contribution in [0.15, 0.2) is 83.8 Å². The summed E-state index contributed by atoms with van der Waals surface area (Å²) in [6.45, 7) is 1.90. The van der Waals surface area contributed by atoms with Gasteiger partial charge < -0.3 is 5.32 Å². The molecule has 0 aliphatic carbocycles. The van der Waals surface area contributed by atoms with Gasteiger partial charge in [0.1, 0.15) is 0 Å². The monoisotopic (exact) mass is 428 g/mol. The molecular weight excluding hydrogens is 408 g/mol. The number of amides is 1. The van der Waals surface area contributed by atoms with Crippen LogP contribution >= 0.6 is 11.6 Å². The minimum absolute atomic E-state index is 0.0504. The molecule has 3 rings (SSSR count). The Morgan fingerprint density at radius 3 is 2.21 bits per heavy atom. The number of anilines is 1. The SMILES string of the molecule is Cc1ccccc1NC(=O)CC(NS(=O)(=O)c1ccc(Cl)cc1)c1ccccc1. The summed E-state index contributed by atoms with van der Waals surface area (Å²) < 4.78 is 28.3. The Hall–Kier alpha value is -2.67. The van der Waals surface area contributed by atoms with Crippen molar-refractivity contribution in [3.8, 4) is 0 Å². The van der Waals surface area contributed by atoms with Crippen LogP contribution in [-0.2, 0) is 14.8 Å². The van der Waals surface area contributed by atoms with E-state index < -0.39 is 16.1 Å². The highest BCUT2D eigenvalue weighted by atomic mass is 35.5. The quantitative estimate of drug-likeness (QED) is 0.572. The lowest BCUT2D eigenvalue weighted by atomic mass is 10.0. The standard InChI is InChI=1S/C22H21ClN2O3S/c1-16-7-5-6-10-20(16)24-22(26)15-21(17-8-3-2-4-9-17)25-29(27,28)19-13-11-18(23)12-14-19/h2-14,21,25H,15H2,1H3,(H,24,26). The van der Waals surface area contributed by atoms with E-state index in [2.05, 4.69) is 10.0 Å². The minimum Gasteiger partial charge on any atom is -0.326 e. The largest absolute Gasteiger partial charge is 0.326 e. The number of nitrogens with one attached hydrogen (secondary N) is 2. The summed E-state index contributed by atoms with van der Waals surface area (Å²) in [6, 6.07) is 21.6. The summed E-state index contributed by atoms with van der Waals surface area (Å²) in [4.78, 5) is 12.7. The van der Waals surface area contributed by atoms with E-state index in [1.807, 2.05) is 37.3 Å². The zero-order chi connectivity index (χ0) is 20.9. The highest BCUT2D eigenvalue weighted by molar-refractivity contribution is 7.89. The van der Waals surface area contributed by atoms with E-state index in [9.17, 15) is 13.2 Å². The average molecular weight is 429 g/mol. The lowest BCUT2D eigenvalue weighted by Crippen LogP contribution is -2.31. The van der Waals surface area contributed by atoms with Crippen molar-refractivity contribution in [2.75, 3.05) is 5.32 Å². The number of carbonyl (C=O) groups is 1. The first-order valence-electron chi connectivity index (χ1n) is 9.03. The van der Waals surface area contributed by atoms with Crippen molar-refractivity contribution in [3.63, 3.8) is 0 Å². The molecule has 2 N–H and O–H groups in total. The molecule has 5 nitrogen and oxygen atoms in total. The van der Waals surface area contributed by atoms with E-state index in [1.165, 1.54) is 24.3 Å². The van der Waals surface area contributed by atoms with Gasteiger partial charge in [-0.1, -0.05) is 60.1 Å². The molecular formula is C22H21ClN2O3S. The van der Waals surface area contributed by atoms with Crippen molar-refractivity contribution < 1.29 is 13.2 Å². The summed E-state index contributed by atoms with van der Waals surface area (Å²) in [5, 5.41) is 3.30. The number of sulfonamides is 1. The van der Waals surface area contributed by atoms with Crippen LogP contribution in [0.4, 0.5) is 5.69 Å². The normalized spacial score (nSPS) is 12.3. The van der Waals surface area contributed by atoms with Gasteiger partial charge in [-0.05, 0) is 48.4 Å². The Bertz CT molecular complexity index is 1080. The van der Waals surface area contributed by atoms with Crippen molar-refractivity contribution in [3.05, 3.63) is 95.0 Å². The fourth-order valence-electron chi connectivity index (χ4n) is 2.88. The second kappa shape index (κ2) is 9.22. The van der Waals surface area contributed by atoms with E-state index in [1.54, 1.807) is 24.3 Å². The van der Waals surface area contributed by atoms with Crippen molar-refractivity contribution >= 4 is 33.2 Å². The number of aryl methyl sites for hydroxylation is 1. The van der Waals surface area contributed by atoms with Crippen molar-refractivity contribution in [2.24, 2.45) is 0 Å². The first-order valence-corrected chi connectivity index (χ1v) is 10.9. The molecule has 0 spiro atoms. The molecule has 1 atom stereocenters. The number of hydrogen-bond donors (Lipinski definition) is 2. The van der Waals surface area contributed by atoms with Gasteiger partial charge in [0.15, 0.2) is 0 Å². The maximum absolute atomic E-state index is 12.8. The van der Waals surface area contributed by atoms with Crippen molar-refractivity contribution in [2.45, 2.75) is 24.3 Å². The van der Waals surface area contributed by atoms with Crippen molar-refractivity contribution in [1.82, 2.24) is 4.72 Å². The number of rotatable bonds is 7. The van der Waals surface area contributed by atoms with Gasteiger partial charge in [0.05, 0.1) is 10.9 Å². The number of carbonyl (C=O) groups excluding carboxylic acids is 1. The molecule has 0 heterocycles. The second-order valence-corrected chi connectivity index (χ2v) is 8.76. The fourth-order valence-corrected chi connectivity index (χ4v) is 4.23. The summed E-state index contributed by atoms with van der Waals surface area (Å²) in [6.07, 6.45) is -0.0504. The third-order valence-electron chi connectivity index (χ3n) is 4.43. The average Bonchev–Trinajstić information content (AvgIpc) is 2.70. The highest BCUT2D eigenvalue weighted by Gasteiger charge is 2.24. The molecule has 1 unspecified atom stereocenters. The van der Waals surface area contributed by atoms with Gasteiger partial charge in [-0.3, -0.25) is 4.79 Å². The van der Waals surface area contributed by atoms with Crippen LogP contribution in [-0.4, -0.2) is 14.3 Å². The molecule has 0 fully saturated rings. The number of para-hydroxylation sites is 1. The molecule has 0 radical (unpaired) electrons. The molecule has 150 valence electrons. The first-order chi connectivity index (χ1) is 13.8. The molecule has 1 amide bonds. The predicted molar refractivity (Wildman–Crippen MR) is 115 cm³/mol. The van der Waals surface area contributed by atoms with Crippen LogP contribution in [0.2, 0.25) is 5.02 Å². The summed E-state index contributed by atoms with van der Waals surface area (Å²) in [5.41, 5.74) is 2.33. The van der Waals surface area contributed by atoms with Crippen molar-refractivity contribution in [1.29, 1.82) is 0 Å². The van der Waals surface area contributed by atoms with E-state index in [0.29, 0.717) is 16.3 Å². The second-order valence-electron chi connectivity index (χ2n) is 6.61. The number of hydrogen-bond acceptors (Lipinski definition) is 3. The molecule has 0 saturated carbocycles. The maximum atomic E-state index is 12.8. The molecule has 0 aliphatic heterocycles. The molecule has 0 aromatic heterocycles. The molecule has 7 heteroatoms. The Labute approximate surface area is 175 Å². The van der Waals surface area contributed by atoms with Crippen LogP contribution in [0.25, 0.3) is 0 Å². The summed E-state index contributed by atoms with van der Waals surface area (Å²) in [5.74, 6) is -0.285. The smallest absolute Gasteiger partial charge is 0.241 e. The first kappa shape index (κ1) is 21.0. The topological polar surface area (TPSA) is 75.3 Å². The zero-order valence-electron chi connectivity index (χ0n) is 15.8. The molecule has 0 aliphatic rings. The Kier molecular flexibility index (Phi) is 6.69. The number of benzene rings is 3. The minimum atomic E-state index is -3.84. The Balaban J connectivity index is 1.82. The molecule has 29 heavy (non-hydrogen) atoms. The van der Waals surface area contributed by atoms with Gasteiger partial charge in [0.25, 0.3) is 0 Å². The molecule has 3 aromatic rings. The number of halogens is 1. The van der Waals surface area contributed by atoms with Gasteiger partial charge in [-0.25, -0.2) is 13.1 Å². The van der Waals surface area contributed by atoms with Gasteiger partial charge in [0, 0.05) is 17.1 Å². The zero-order valence-corrected chi connectivity index (χ0v) is 17.4. The van der Waals surface area contributed by atoms with Crippen LogP contribution in [0.5, 0.6) is 0 Å². The van der Waals surface area contributed by atoms with E-state index >= 15 is 0 Å². The van der Waals surface area contributed by atoms with E-state index in [4.69, 9.17) is 11.6 Å². The van der Waals surface area contributed by atoms with Gasteiger partial charge >= 0.3 is 0 Å². The van der Waals surface area contributed by atoms with Gasteiger partial charge in [0.2, 0.25) is 15.9 Å². The maximum Gasteiger partial charge on any atom is 0.241 e. The van der Waals surface area contributed by atoms with Gasteiger partial charge in [-0.2, -0.15) is 0 Å². The Morgan fingerprint density at radius 1 is 0.931 bits per heavy atom. The van der Waals surface area contributed by atoms with E-state index in [0.717, 1.165) is 5.56 Å². The van der Waals surface area contributed by atoms with Crippen LogP contribution in [0, 0.1) is 6.92 Å². The van der Waals surface area contributed by atoms with Gasteiger partial charge in [-0.15, -0.1) is 0 Å². The Morgan fingerprint density at radius 2 is 1.55 bits per heavy atom. The van der Waals surface area contributed by atoms with E-state index in [-0.39, 0.29) is 17.2 Å². The molecule has 0 saturated heterocycles.